The minimum Gasteiger partial charge on any atom is -0.346 e. The molecule has 26 heavy (non-hydrogen) atoms. The Hall–Kier alpha value is -2.71. The summed E-state index contributed by atoms with van der Waals surface area (Å²) in [5, 5.41) is 3.61. The third kappa shape index (κ3) is 2.87. The van der Waals surface area contributed by atoms with E-state index in [9.17, 15) is 13.2 Å². The molecule has 0 saturated heterocycles. The van der Waals surface area contributed by atoms with Crippen molar-refractivity contribution in [3.8, 4) is 0 Å². The second-order valence-electron chi connectivity index (χ2n) is 6.37. The predicted molar refractivity (Wildman–Crippen MR) is 98.7 cm³/mol. The van der Waals surface area contributed by atoms with Crippen molar-refractivity contribution in [1.82, 2.24) is 9.97 Å². The van der Waals surface area contributed by atoms with Gasteiger partial charge in [0.15, 0.2) is 9.84 Å². The van der Waals surface area contributed by atoms with Gasteiger partial charge in [0, 0.05) is 29.4 Å². The maximum atomic E-state index is 12.7. The molecule has 4 rings (SSSR count). The molecule has 1 aliphatic heterocycles. The van der Waals surface area contributed by atoms with Gasteiger partial charge >= 0.3 is 0 Å². The summed E-state index contributed by atoms with van der Waals surface area (Å²) >= 11 is 0. The lowest BCUT2D eigenvalue weighted by Gasteiger charge is -2.13. The van der Waals surface area contributed by atoms with Gasteiger partial charge in [0.05, 0.1) is 16.3 Å². The van der Waals surface area contributed by atoms with Gasteiger partial charge in [-0.25, -0.2) is 13.4 Å². The van der Waals surface area contributed by atoms with Crippen LogP contribution in [0.3, 0.4) is 0 Å². The molecule has 0 fully saturated rings. The van der Waals surface area contributed by atoms with Crippen LogP contribution in [0.5, 0.6) is 0 Å². The molecule has 1 atom stereocenters. The van der Waals surface area contributed by atoms with Gasteiger partial charge < -0.3 is 16.0 Å². The van der Waals surface area contributed by atoms with Gasteiger partial charge in [-0.1, -0.05) is 6.07 Å². The number of nitrogens with two attached hydrogens (primary N) is 1. The number of sulfone groups is 1. The van der Waals surface area contributed by atoms with E-state index in [4.69, 9.17) is 5.73 Å². The monoisotopic (exact) mass is 370 g/mol. The number of nitrogens with zero attached hydrogens (tertiary/aromatic N) is 1. The van der Waals surface area contributed by atoms with E-state index in [-0.39, 0.29) is 28.2 Å². The van der Waals surface area contributed by atoms with Crippen LogP contribution in [-0.2, 0) is 9.84 Å². The number of hydrogen-bond acceptors (Lipinski definition) is 5. The first-order chi connectivity index (χ1) is 12.5. The van der Waals surface area contributed by atoms with E-state index in [2.05, 4.69) is 15.3 Å². The summed E-state index contributed by atoms with van der Waals surface area (Å²) in [4.78, 5) is 20.0. The number of nitrogens with one attached hydrogen (secondary N) is 2. The molecule has 0 saturated carbocycles. The fraction of sp³-hybridized carbons (Fsp3) is 0.222. The highest BCUT2D eigenvalue weighted by molar-refractivity contribution is 7.91. The standard InChI is InChI=1S/C18H18N4O3S/c19-14-2-1-9-26(24,25)16-10-11(3-4-12(14)16)18(23)22-15-6-8-21-17-13(15)5-7-20-17/h3-8,10,14H,1-2,9,19H2,(H2,20,21,22,23)/t14-/m0/s1. The normalized spacial score (nSPS) is 18.9. The van der Waals surface area contributed by atoms with Gasteiger partial charge in [-0.2, -0.15) is 0 Å². The van der Waals surface area contributed by atoms with Gasteiger partial charge in [-0.15, -0.1) is 0 Å². The van der Waals surface area contributed by atoms with Crippen molar-refractivity contribution < 1.29 is 13.2 Å². The largest absolute Gasteiger partial charge is 0.346 e. The van der Waals surface area contributed by atoms with Gasteiger partial charge in [0.25, 0.3) is 5.91 Å². The number of fused-ring (bicyclic) bond motifs is 2. The Morgan fingerprint density at radius 2 is 2.12 bits per heavy atom. The zero-order valence-electron chi connectivity index (χ0n) is 13.9. The van der Waals surface area contributed by atoms with Crippen molar-refractivity contribution in [1.29, 1.82) is 0 Å². The molecular formula is C18H18N4O3S. The molecule has 0 unspecified atom stereocenters. The van der Waals surface area contributed by atoms with Crippen molar-refractivity contribution >= 4 is 32.5 Å². The van der Waals surface area contributed by atoms with Crippen LogP contribution in [0.25, 0.3) is 11.0 Å². The number of carbonyl (C=O) groups is 1. The number of pyridine rings is 1. The highest BCUT2D eigenvalue weighted by atomic mass is 32.2. The zero-order valence-corrected chi connectivity index (χ0v) is 14.7. The van der Waals surface area contributed by atoms with Crippen LogP contribution < -0.4 is 11.1 Å². The van der Waals surface area contributed by atoms with E-state index < -0.39 is 9.84 Å². The first-order valence-corrected chi connectivity index (χ1v) is 9.97. The summed E-state index contributed by atoms with van der Waals surface area (Å²) in [7, 11) is -3.44. The molecule has 7 nitrogen and oxygen atoms in total. The summed E-state index contributed by atoms with van der Waals surface area (Å²) in [5.74, 6) is -0.331. The number of anilines is 1. The first-order valence-electron chi connectivity index (χ1n) is 8.31. The average Bonchev–Trinajstić information content (AvgIpc) is 3.06. The fourth-order valence-corrected chi connectivity index (χ4v) is 4.93. The van der Waals surface area contributed by atoms with Crippen LogP contribution in [0.4, 0.5) is 5.69 Å². The van der Waals surface area contributed by atoms with Crippen LogP contribution >= 0.6 is 0 Å². The zero-order chi connectivity index (χ0) is 18.3. The quantitative estimate of drug-likeness (QED) is 0.640. The molecule has 0 spiro atoms. The summed E-state index contributed by atoms with van der Waals surface area (Å²) in [5.41, 5.74) is 8.22. The number of benzene rings is 1. The van der Waals surface area contributed by atoms with Gasteiger partial charge in [-0.05, 0) is 42.7 Å². The molecule has 4 N–H and O–H groups in total. The van der Waals surface area contributed by atoms with E-state index in [0.717, 1.165) is 5.39 Å². The highest BCUT2D eigenvalue weighted by Crippen LogP contribution is 2.31. The maximum absolute atomic E-state index is 12.7. The van der Waals surface area contributed by atoms with Crippen molar-refractivity contribution in [3.63, 3.8) is 0 Å². The fourth-order valence-electron chi connectivity index (χ4n) is 3.27. The Labute approximate surface area is 150 Å². The lowest BCUT2D eigenvalue weighted by molar-refractivity contribution is 0.102. The third-order valence-electron chi connectivity index (χ3n) is 4.65. The molecule has 3 heterocycles. The Kier molecular flexibility index (Phi) is 4.01. The summed E-state index contributed by atoms with van der Waals surface area (Å²) in [6.45, 7) is 0. The average molecular weight is 370 g/mol. The lowest BCUT2D eigenvalue weighted by atomic mass is 10.0. The molecule has 3 aromatic rings. The van der Waals surface area contributed by atoms with E-state index >= 15 is 0 Å². The summed E-state index contributed by atoms with van der Waals surface area (Å²) in [6.07, 6.45) is 4.46. The molecular weight excluding hydrogens is 352 g/mol. The number of aromatic nitrogens is 2. The van der Waals surface area contributed by atoms with E-state index in [0.29, 0.717) is 29.7 Å². The van der Waals surface area contributed by atoms with Gasteiger partial charge in [0.2, 0.25) is 0 Å². The number of hydrogen-bond donors (Lipinski definition) is 3. The molecule has 1 amide bonds. The van der Waals surface area contributed by atoms with Crippen molar-refractivity contribution in [2.75, 3.05) is 11.1 Å². The third-order valence-corrected chi connectivity index (χ3v) is 6.50. The number of H-pyrrole nitrogens is 1. The smallest absolute Gasteiger partial charge is 0.255 e. The topological polar surface area (TPSA) is 118 Å². The van der Waals surface area contributed by atoms with Crippen molar-refractivity contribution in [2.24, 2.45) is 5.73 Å². The Morgan fingerprint density at radius 1 is 1.27 bits per heavy atom. The van der Waals surface area contributed by atoms with Crippen molar-refractivity contribution in [3.05, 3.63) is 53.9 Å². The Morgan fingerprint density at radius 3 is 2.96 bits per heavy atom. The van der Waals surface area contributed by atoms with Gasteiger partial charge in [-0.3, -0.25) is 4.79 Å². The van der Waals surface area contributed by atoms with E-state index in [1.165, 1.54) is 6.07 Å². The molecule has 0 bridgehead atoms. The molecule has 1 aromatic carbocycles. The van der Waals surface area contributed by atoms with Crippen LogP contribution in [0.2, 0.25) is 0 Å². The Bertz CT molecular complexity index is 1100. The number of amides is 1. The summed E-state index contributed by atoms with van der Waals surface area (Å²) in [6, 6.07) is 7.88. The number of rotatable bonds is 2. The minimum absolute atomic E-state index is 0.0487. The summed E-state index contributed by atoms with van der Waals surface area (Å²) < 4.78 is 25.0. The van der Waals surface area contributed by atoms with Crippen molar-refractivity contribution in [2.45, 2.75) is 23.8 Å². The SMILES string of the molecule is N[C@H]1CCCS(=O)(=O)c2cc(C(=O)Nc3ccnc4[nH]ccc34)ccc21. The maximum Gasteiger partial charge on any atom is 0.255 e. The first kappa shape index (κ1) is 16.7. The molecule has 0 radical (unpaired) electrons. The lowest BCUT2D eigenvalue weighted by Crippen LogP contribution is -2.16. The molecule has 134 valence electrons. The number of aromatic amines is 1. The number of carbonyl (C=O) groups excluding carboxylic acids is 1. The molecule has 8 heteroatoms. The second-order valence-corrected chi connectivity index (χ2v) is 8.45. The molecule has 0 aliphatic carbocycles. The predicted octanol–water partition coefficient (Wildman–Crippen LogP) is 2.38. The van der Waals surface area contributed by atoms with E-state index in [1.54, 1.807) is 30.6 Å². The van der Waals surface area contributed by atoms with Gasteiger partial charge in [0.1, 0.15) is 5.65 Å². The highest BCUT2D eigenvalue weighted by Gasteiger charge is 2.27. The van der Waals surface area contributed by atoms with Crippen LogP contribution in [-0.4, -0.2) is 30.0 Å². The van der Waals surface area contributed by atoms with E-state index in [1.807, 2.05) is 6.07 Å². The van der Waals surface area contributed by atoms with Crippen LogP contribution in [0.15, 0.2) is 47.6 Å². The van der Waals surface area contributed by atoms with Crippen LogP contribution in [0, 0.1) is 0 Å². The minimum atomic E-state index is -3.44. The second kappa shape index (κ2) is 6.22. The molecule has 2 aromatic heterocycles. The molecule has 1 aliphatic rings. The Balaban J connectivity index is 1.71. The van der Waals surface area contributed by atoms with Crippen LogP contribution in [0.1, 0.15) is 34.8 Å².